The highest BCUT2D eigenvalue weighted by molar-refractivity contribution is 7.09. The molecule has 0 aliphatic heterocycles. The van der Waals surface area contributed by atoms with Gasteiger partial charge in [-0.3, -0.25) is 4.90 Å². The molecule has 3 rings (SSSR count). The summed E-state index contributed by atoms with van der Waals surface area (Å²) in [6.07, 6.45) is 6.89. The number of hydrogen-bond acceptors (Lipinski definition) is 3. The lowest BCUT2D eigenvalue weighted by molar-refractivity contribution is 0.0971. The first-order valence-corrected chi connectivity index (χ1v) is 9.39. The molecule has 0 aromatic carbocycles. The van der Waals surface area contributed by atoms with Crippen molar-refractivity contribution in [3.63, 3.8) is 0 Å². The molecule has 2 nitrogen and oxygen atoms in total. The van der Waals surface area contributed by atoms with Crippen LogP contribution in [0.5, 0.6) is 0 Å². The molecule has 1 aromatic heterocycles. The molecule has 21 heavy (non-hydrogen) atoms. The monoisotopic (exact) mass is 306 g/mol. The molecule has 2 aliphatic rings. The molecule has 118 valence electrons. The van der Waals surface area contributed by atoms with Crippen LogP contribution in [0.25, 0.3) is 0 Å². The Morgan fingerprint density at radius 2 is 2.14 bits per heavy atom. The number of nitrogens with zero attached hydrogens (tertiary/aromatic N) is 1. The molecule has 3 heteroatoms. The Labute approximate surface area is 133 Å². The quantitative estimate of drug-likeness (QED) is 0.850. The SMILES string of the molecule is CNC1CCC(C)(C)CC1CN(Cc1cccs1)C1CC1. The summed E-state index contributed by atoms with van der Waals surface area (Å²) < 4.78 is 0. The maximum atomic E-state index is 3.59. The van der Waals surface area contributed by atoms with E-state index in [4.69, 9.17) is 0 Å². The number of hydrogen-bond donors (Lipinski definition) is 1. The minimum Gasteiger partial charge on any atom is -0.317 e. The Balaban J connectivity index is 1.65. The van der Waals surface area contributed by atoms with Gasteiger partial charge in [-0.2, -0.15) is 0 Å². The zero-order valence-electron chi connectivity index (χ0n) is 13.8. The summed E-state index contributed by atoms with van der Waals surface area (Å²) in [4.78, 5) is 4.29. The van der Waals surface area contributed by atoms with E-state index in [1.54, 1.807) is 0 Å². The van der Waals surface area contributed by atoms with E-state index in [9.17, 15) is 0 Å². The molecule has 1 aromatic rings. The first kappa shape index (κ1) is 15.5. The standard InChI is InChI=1S/C18H30N2S/c1-18(2)9-8-17(19-3)14(11-18)12-20(15-6-7-15)13-16-5-4-10-21-16/h4-5,10,14-15,17,19H,6-9,11-13H2,1-3H3. The molecule has 2 atom stereocenters. The molecule has 1 N–H and O–H groups in total. The second-order valence-corrected chi connectivity index (χ2v) is 8.83. The van der Waals surface area contributed by atoms with Crippen molar-refractivity contribution in [2.24, 2.45) is 11.3 Å². The zero-order valence-corrected chi connectivity index (χ0v) is 14.6. The second kappa shape index (κ2) is 6.39. The zero-order chi connectivity index (χ0) is 14.9. The summed E-state index contributed by atoms with van der Waals surface area (Å²) in [6, 6.07) is 6.04. The van der Waals surface area contributed by atoms with Crippen LogP contribution in [0.1, 0.15) is 50.8 Å². The molecule has 0 saturated heterocycles. The summed E-state index contributed by atoms with van der Waals surface area (Å²) >= 11 is 1.91. The van der Waals surface area contributed by atoms with E-state index in [0.29, 0.717) is 11.5 Å². The molecule has 0 amide bonds. The third-order valence-electron chi connectivity index (χ3n) is 5.36. The van der Waals surface area contributed by atoms with E-state index in [2.05, 4.69) is 48.6 Å². The predicted octanol–water partition coefficient (Wildman–Crippen LogP) is 4.13. The van der Waals surface area contributed by atoms with Gasteiger partial charge in [-0.25, -0.2) is 0 Å². The van der Waals surface area contributed by atoms with Crippen molar-refractivity contribution in [3.05, 3.63) is 22.4 Å². The lowest BCUT2D eigenvalue weighted by Gasteiger charge is -2.42. The first-order chi connectivity index (χ1) is 10.1. The van der Waals surface area contributed by atoms with Crippen molar-refractivity contribution in [1.29, 1.82) is 0 Å². The molecular weight excluding hydrogens is 276 g/mol. The van der Waals surface area contributed by atoms with Gasteiger partial charge in [-0.15, -0.1) is 11.3 Å². The molecule has 0 bridgehead atoms. The van der Waals surface area contributed by atoms with Crippen molar-refractivity contribution in [1.82, 2.24) is 10.2 Å². The molecule has 0 spiro atoms. The third kappa shape index (κ3) is 4.08. The van der Waals surface area contributed by atoms with Gasteiger partial charge in [-0.1, -0.05) is 19.9 Å². The fraction of sp³-hybridized carbons (Fsp3) is 0.778. The fourth-order valence-electron chi connectivity index (χ4n) is 3.99. The molecule has 2 saturated carbocycles. The van der Waals surface area contributed by atoms with Crippen molar-refractivity contribution in [3.8, 4) is 0 Å². The van der Waals surface area contributed by atoms with E-state index >= 15 is 0 Å². The van der Waals surface area contributed by atoms with Gasteiger partial charge in [0, 0.05) is 30.1 Å². The van der Waals surface area contributed by atoms with E-state index in [1.807, 2.05) is 11.3 Å². The lowest BCUT2D eigenvalue weighted by Crippen LogP contribution is -2.46. The van der Waals surface area contributed by atoms with E-state index < -0.39 is 0 Å². The molecule has 1 heterocycles. The average Bonchev–Trinajstić information content (AvgIpc) is 3.16. The van der Waals surface area contributed by atoms with Crippen molar-refractivity contribution in [2.45, 2.75) is 64.6 Å². The van der Waals surface area contributed by atoms with Crippen LogP contribution in [0.15, 0.2) is 17.5 Å². The van der Waals surface area contributed by atoms with Gasteiger partial charge in [0.15, 0.2) is 0 Å². The van der Waals surface area contributed by atoms with Gasteiger partial charge in [0.25, 0.3) is 0 Å². The maximum Gasteiger partial charge on any atom is 0.0330 e. The summed E-state index contributed by atoms with van der Waals surface area (Å²) in [7, 11) is 2.15. The molecule has 2 unspecified atom stereocenters. The Bertz CT molecular complexity index is 436. The van der Waals surface area contributed by atoms with Crippen LogP contribution in [-0.2, 0) is 6.54 Å². The minimum atomic E-state index is 0.524. The van der Waals surface area contributed by atoms with E-state index in [-0.39, 0.29) is 0 Å². The highest BCUT2D eigenvalue weighted by atomic mass is 32.1. The molecular formula is C18H30N2S. The van der Waals surface area contributed by atoms with Crippen molar-refractivity contribution < 1.29 is 0 Å². The maximum absolute atomic E-state index is 3.59. The highest BCUT2D eigenvalue weighted by Crippen LogP contribution is 2.40. The number of thiophene rings is 1. The molecule has 2 aliphatic carbocycles. The average molecular weight is 307 g/mol. The highest BCUT2D eigenvalue weighted by Gasteiger charge is 2.37. The van der Waals surface area contributed by atoms with Gasteiger partial charge >= 0.3 is 0 Å². The Hall–Kier alpha value is -0.380. The minimum absolute atomic E-state index is 0.524. The lowest BCUT2D eigenvalue weighted by atomic mass is 9.69. The van der Waals surface area contributed by atoms with Crippen LogP contribution >= 0.6 is 11.3 Å². The van der Waals surface area contributed by atoms with Gasteiger partial charge in [-0.05, 0) is 61.9 Å². The fourth-order valence-corrected chi connectivity index (χ4v) is 4.72. The van der Waals surface area contributed by atoms with Gasteiger partial charge in [0.2, 0.25) is 0 Å². The molecule has 0 radical (unpaired) electrons. The topological polar surface area (TPSA) is 15.3 Å². The first-order valence-electron chi connectivity index (χ1n) is 8.51. The smallest absolute Gasteiger partial charge is 0.0330 e. The van der Waals surface area contributed by atoms with Gasteiger partial charge in [0.1, 0.15) is 0 Å². The normalized spacial score (nSPS) is 29.0. The van der Waals surface area contributed by atoms with E-state index in [1.165, 1.54) is 43.5 Å². The van der Waals surface area contributed by atoms with Crippen LogP contribution in [0.3, 0.4) is 0 Å². The number of rotatable bonds is 6. The summed E-state index contributed by atoms with van der Waals surface area (Å²) in [5, 5.41) is 5.80. The predicted molar refractivity (Wildman–Crippen MR) is 91.7 cm³/mol. The Kier molecular flexibility index (Phi) is 4.72. The van der Waals surface area contributed by atoms with E-state index in [0.717, 1.165) is 18.5 Å². The van der Waals surface area contributed by atoms with Crippen molar-refractivity contribution >= 4 is 11.3 Å². The summed E-state index contributed by atoms with van der Waals surface area (Å²) in [5.74, 6) is 0.805. The second-order valence-electron chi connectivity index (χ2n) is 7.80. The number of nitrogens with one attached hydrogen (secondary N) is 1. The summed E-state index contributed by atoms with van der Waals surface area (Å²) in [5.41, 5.74) is 0.524. The van der Waals surface area contributed by atoms with Crippen LogP contribution in [0, 0.1) is 11.3 Å². The largest absolute Gasteiger partial charge is 0.317 e. The third-order valence-corrected chi connectivity index (χ3v) is 6.22. The van der Waals surface area contributed by atoms with Crippen LogP contribution in [0.4, 0.5) is 0 Å². The van der Waals surface area contributed by atoms with Gasteiger partial charge < -0.3 is 5.32 Å². The molecule has 2 fully saturated rings. The Morgan fingerprint density at radius 3 is 2.76 bits per heavy atom. The summed E-state index contributed by atoms with van der Waals surface area (Å²) in [6.45, 7) is 7.34. The van der Waals surface area contributed by atoms with Crippen LogP contribution in [-0.4, -0.2) is 30.6 Å². The van der Waals surface area contributed by atoms with Gasteiger partial charge in [0.05, 0.1) is 0 Å². The Morgan fingerprint density at radius 1 is 1.33 bits per heavy atom. The van der Waals surface area contributed by atoms with Crippen molar-refractivity contribution in [2.75, 3.05) is 13.6 Å². The van der Waals surface area contributed by atoms with Crippen LogP contribution < -0.4 is 5.32 Å². The van der Waals surface area contributed by atoms with Crippen LogP contribution in [0.2, 0.25) is 0 Å².